The number of aliphatic hydroxyl groups excluding tert-OH is 5. The van der Waals surface area contributed by atoms with Gasteiger partial charge < -0.3 is 80.7 Å². The highest BCUT2D eigenvalue weighted by Crippen LogP contribution is 2.57. The number of carbonyl (C=O) groups excluding carboxylic acids is 3. The summed E-state index contributed by atoms with van der Waals surface area (Å²) >= 11 is 0. The summed E-state index contributed by atoms with van der Waals surface area (Å²) in [7, 11) is 1.26. The number of ether oxygens (including phenoxy) is 5. The van der Waals surface area contributed by atoms with Crippen molar-refractivity contribution in [2.75, 3.05) is 20.3 Å². The van der Waals surface area contributed by atoms with Gasteiger partial charge in [0.05, 0.1) is 42.6 Å². The molecule has 0 saturated carbocycles. The molecule has 12 N–H and O–H groups in total. The van der Waals surface area contributed by atoms with E-state index in [-0.39, 0.29) is 33.6 Å². The highest BCUT2D eigenvalue weighted by atomic mass is 16.7. The minimum atomic E-state index is -1.90. The number of phenols is 3. The van der Waals surface area contributed by atoms with E-state index in [2.05, 4.69) is 5.32 Å². The molecular weight excluding hydrogens is 772 g/mol. The standard InChI is InChI=1S/C38H40N2O18/c1-10-4-16-23(30(49)20(10)36(53)40-8-19(43)44)22-14(7-15-24(31(22)50)27(46)13-5-12(54-3)6-17(41)21(13)26(15)45)28(47)34(16)57-38-33(52)35(25(39)11(2)56-38)58-37-32(51)29(48)18(42)9-55-37/h4-7,11,18,25,28-29,32-35,37-38,41-42,47-52H,8-9,39H2,1-3H3,(H,40,53)(H,43,44)/t11-,18-,25+,28+,29+,32-,33-,34+,35+,37+,38+/m1/s1. The summed E-state index contributed by atoms with van der Waals surface area (Å²) in [5, 5.41) is 100. The number of amides is 1. The molecule has 310 valence electrons. The molecule has 3 aromatic carbocycles. The Morgan fingerprint density at radius 3 is 2.17 bits per heavy atom. The van der Waals surface area contributed by atoms with E-state index in [1.807, 2.05) is 0 Å². The van der Waals surface area contributed by atoms with Crippen LogP contribution >= 0.6 is 0 Å². The smallest absolute Gasteiger partial charge is 0.322 e. The SMILES string of the molecule is COc1cc(O)c2c(c1)C(=O)c1c(cc3c(c1O)-c1c(cc(C)c(C(=O)NCC(=O)O)c1O)[C@H](O[C@@H]1O[C@H](C)[C@H](N)[C@H](O[C@@H]4OC[C@@H](O)[C@H](O)[C@H]4O)[C@H]1O)[C@H]3O)C2=O. The van der Waals surface area contributed by atoms with Gasteiger partial charge in [-0.2, -0.15) is 0 Å². The normalized spacial score (nSPS) is 30.1. The number of fused-ring (bicyclic) bond motifs is 5. The Bertz CT molecular complexity index is 2230. The predicted molar refractivity (Wildman–Crippen MR) is 191 cm³/mol. The van der Waals surface area contributed by atoms with Gasteiger partial charge in [0.1, 0.15) is 72.3 Å². The summed E-state index contributed by atoms with van der Waals surface area (Å²) in [4.78, 5) is 52.6. The zero-order chi connectivity index (χ0) is 42.2. The first-order valence-corrected chi connectivity index (χ1v) is 17.9. The molecule has 0 aromatic heterocycles. The molecule has 20 heteroatoms. The van der Waals surface area contributed by atoms with Crippen LogP contribution in [0.2, 0.25) is 0 Å². The van der Waals surface area contributed by atoms with Crippen molar-refractivity contribution in [1.82, 2.24) is 5.32 Å². The molecule has 3 aromatic rings. The number of rotatable bonds is 8. The number of phenolic OH excluding ortho intramolecular Hbond substituents is 3. The lowest BCUT2D eigenvalue weighted by Gasteiger charge is -2.46. The van der Waals surface area contributed by atoms with Crippen molar-refractivity contribution in [3.63, 3.8) is 0 Å². The summed E-state index contributed by atoms with van der Waals surface area (Å²) in [6, 6.07) is 3.51. The van der Waals surface area contributed by atoms with Crippen molar-refractivity contribution in [3.05, 3.63) is 68.8 Å². The number of hydrogen-bond acceptors (Lipinski definition) is 18. The molecule has 20 nitrogen and oxygen atoms in total. The zero-order valence-corrected chi connectivity index (χ0v) is 30.9. The van der Waals surface area contributed by atoms with Crippen molar-refractivity contribution in [1.29, 1.82) is 0 Å². The number of aliphatic hydroxyl groups is 5. The minimum absolute atomic E-state index is 0.0121. The number of carbonyl (C=O) groups is 4. The molecule has 0 unspecified atom stereocenters. The number of benzene rings is 3. The third-order valence-corrected chi connectivity index (χ3v) is 10.8. The van der Waals surface area contributed by atoms with Crippen LogP contribution in [-0.4, -0.2) is 145 Å². The molecule has 4 aliphatic rings. The Morgan fingerprint density at radius 2 is 1.50 bits per heavy atom. The van der Waals surface area contributed by atoms with Crippen LogP contribution in [0.3, 0.4) is 0 Å². The first-order valence-electron chi connectivity index (χ1n) is 17.9. The molecule has 7 rings (SSSR count). The molecule has 0 bridgehead atoms. The van der Waals surface area contributed by atoms with E-state index < -0.39 is 149 Å². The molecule has 0 radical (unpaired) electrons. The van der Waals surface area contributed by atoms with Crippen LogP contribution in [0, 0.1) is 6.92 Å². The summed E-state index contributed by atoms with van der Waals surface area (Å²) in [6.07, 6.45) is -16.0. The van der Waals surface area contributed by atoms with Gasteiger partial charge in [0.15, 0.2) is 24.1 Å². The van der Waals surface area contributed by atoms with E-state index >= 15 is 0 Å². The average molecular weight is 813 g/mol. The number of nitrogens with one attached hydrogen (secondary N) is 1. The molecule has 2 aliphatic heterocycles. The first kappa shape index (κ1) is 40.9. The zero-order valence-electron chi connectivity index (χ0n) is 30.9. The van der Waals surface area contributed by atoms with Gasteiger partial charge in [-0.15, -0.1) is 0 Å². The molecule has 2 aliphatic carbocycles. The maximum Gasteiger partial charge on any atom is 0.322 e. The molecule has 11 atom stereocenters. The van der Waals surface area contributed by atoms with E-state index in [9.17, 15) is 65.1 Å². The van der Waals surface area contributed by atoms with Crippen molar-refractivity contribution in [2.24, 2.45) is 5.73 Å². The van der Waals surface area contributed by atoms with Gasteiger partial charge in [-0.05, 0) is 42.7 Å². The van der Waals surface area contributed by atoms with Crippen LogP contribution in [0.4, 0.5) is 0 Å². The number of aliphatic carboxylic acids is 1. The van der Waals surface area contributed by atoms with Crippen LogP contribution in [0.1, 0.15) is 78.0 Å². The monoisotopic (exact) mass is 812 g/mol. The number of aryl methyl sites for hydroxylation is 1. The Kier molecular flexibility index (Phi) is 10.7. The van der Waals surface area contributed by atoms with Gasteiger partial charge in [0, 0.05) is 28.3 Å². The summed E-state index contributed by atoms with van der Waals surface area (Å²) < 4.78 is 28.4. The van der Waals surface area contributed by atoms with Gasteiger partial charge in [0.25, 0.3) is 5.91 Å². The lowest BCUT2D eigenvalue weighted by Crippen LogP contribution is -2.64. The first-order chi connectivity index (χ1) is 27.4. The number of carboxylic acids is 1. The van der Waals surface area contributed by atoms with E-state index in [0.717, 1.165) is 12.1 Å². The van der Waals surface area contributed by atoms with Gasteiger partial charge in [-0.1, -0.05) is 6.07 Å². The molecule has 1 amide bonds. The van der Waals surface area contributed by atoms with E-state index in [1.54, 1.807) is 0 Å². The lowest BCUT2D eigenvalue weighted by atomic mass is 9.74. The molecule has 2 heterocycles. The fraction of sp³-hybridized carbons (Fsp3) is 0.421. The van der Waals surface area contributed by atoms with E-state index in [0.29, 0.717) is 0 Å². The third kappa shape index (κ3) is 6.52. The second-order valence-electron chi connectivity index (χ2n) is 14.4. The second kappa shape index (κ2) is 15.2. The fourth-order valence-corrected chi connectivity index (χ4v) is 7.84. The number of carboxylic acid groups (broad SMARTS) is 1. The molecular formula is C38H40N2O18. The molecule has 0 spiro atoms. The highest BCUT2D eigenvalue weighted by Gasteiger charge is 2.50. The predicted octanol–water partition coefficient (Wildman–Crippen LogP) is -1.26. The van der Waals surface area contributed by atoms with E-state index in [1.165, 1.54) is 33.1 Å². The summed E-state index contributed by atoms with van der Waals surface area (Å²) in [6.45, 7) is 1.59. The topological polar surface area (TPSA) is 335 Å². The molecule has 2 fully saturated rings. The maximum atomic E-state index is 14.0. The third-order valence-electron chi connectivity index (χ3n) is 10.8. The largest absolute Gasteiger partial charge is 0.507 e. The Labute approximate surface area is 327 Å². The average Bonchev–Trinajstić information content (AvgIpc) is 3.17. The van der Waals surface area contributed by atoms with Gasteiger partial charge in [0.2, 0.25) is 0 Å². The Hall–Kier alpha value is -5.26. The minimum Gasteiger partial charge on any atom is -0.507 e. The van der Waals surface area contributed by atoms with Gasteiger partial charge >= 0.3 is 5.97 Å². The number of ketones is 2. The molecule has 2 saturated heterocycles. The summed E-state index contributed by atoms with van der Waals surface area (Å²) in [5.41, 5.74) is 2.85. The number of nitrogens with two attached hydrogens (primary N) is 1. The van der Waals surface area contributed by atoms with Gasteiger partial charge in [-0.3, -0.25) is 19.2 Å². The van der Waals surface area contributed by atoms with Crippen LogP contribution in [0.15, 0.2) is 24.3 Å². The maximum absolute atomic E-state index is 14.0. The van der Waals surface area contributed by atoms with Crippen molar-refractivity contribution in [3.8, 4) is 34.1 Å². The number of hydrogen-bond donors (Lipinski definition) is 11. The second-order valence-corrected chi connectivity index (χ2v) is 14.4. The highest BCUT2D eigenvalue weighted by molar-refractivity contribution is 6.31. The van der Waals surface area contributed by atoms with Crippen LogP contribution in [0.25, 0.3) is 11.1 Å². The van der Waals surface area contributed by atoms with Crippen LogP contribution in [-0.2, 0) is 23.7 Å². The fourth-order valence-electron chi connectivity index (χ4n) is 7.84. The molecule has 58 heavy (non-hydrogen) atoms. The van der Waals surface area contributed by atoms with E-state index in [4.69, 9.17) is 29.4 Å². The number of methoxy groups -OCH3 is 1. The number of aromatic hydroxyl groups is 3. The van der Waals surface area contributed by atoms with Gasteiger partial charge in [-0.25, -0.2) is 0 Å². The van der Waals surface area contributed by atoms with Crippen LogP contribution in [0.5, 0.6) is 23.0 Å². The van der Waals surface area contributed by atoms with Crippen molar-refractivity contribution < 1.29 is 88.8 Å². The Balaban J connectivity index is 1.36. The summed E-state index contributed by atoms with van der Waals surface area (Å²) in [5.74, 6) is -6.69. The lowest BCUT2D eigenvalue weighted by molar-refractivity contribution is -0.337. The van der Waals surface area contributed by atoms with Crippen LogP contribution < -0.4 is 15.8 Å². The van der Waals surface area contributed by atoms with Crippen molar-refractivity contribution >= 4 is 23.4 Å². The Morgan fingerprint density at radius 1 is 0.845 bits per heavy atom. The quantitative estimate of drug-likeness (QED) is 0.0989. The van der Waals surface area contributed by atoms with Crippen molar-refractivity contribution in [2.45, 2.75) is 81.3 Å².